The maximum Gasteiger partial charge on any atom is 0.277 e. The van der Waals surface area contributed by atoms with Gasteiger partial charge >= 0.3 is 0 Å². The van der Waals surface area contributed by atoms with Crippen molar-refractivity contribution < 1.29 is 14.3 Å². The van der Waals surface area contributed by atoms with Crippen molar-refractivity contribution in [1.82, 2.24) is 10.7 Å². The number of benzene rings is 1. The molecule has 0 aromatic heterocycles. The monoisotopic (exact) mass is 451 g/mol. The fourth-order valence-corrected chi connectivity index (χ4v) is 6.26. The molecule has 8 heteroatoms. The van der Waals surface area contributed by atoms with Gasteiger partial charge in [0.2, 0.25) is 5.91 Å². The van der Waals surface area contributed by atoms with Crippen molar-refractivity contribution in [2.75, 3.05) is 6.61 Å². The minimum absolute atomic E-state index is 0.0128. The van der Waals surface area contributed by atoms with Gasteiger partial charge in [-0.25, -0.2) is 5.43 Å². The molecule has 0 aliphatic heterocycles. The Balaban J connectivity index is 1.23. The van der Waals surface area contributed by atoms with E-state index in [1.807, 2.05) is 0 Å². The van der Waals surface area contributed by atoms with Crippen LogP contribution in [0.25, 0.3) is 0 Å². The molecule has 30 heavy (non-hydrogen) atoms. The number of hydrogen-bond acceptors (Lipinski definition) is 4. The van der Waals surface area contributed by atoms with Crippen LogP contribution in [0.5, 0.6) is 5.75 Å². The molecule has 0 atom stereocenters. The number of ether oxygens (including phenoxy) is 1. The van der Waals surface area contributed by atoms with E-state index >= 15 is 0 Å². The molecule has 4 fully saturated rings. The standard InChI is InChI=1S/C22H27Cl2N3O3/c1-13(26-27-21(29)12-30-19-3-2-17(23)8-18(19)24)4-20(28)25-22-9-14-5-15(10-22)7-16(6-14)11-22/h2-3,8,14-16H,4-7,9-12H2,1H3,(H,25,28)(H,27,29)/b26-13+. The Bertz CT molecular complexity index is 836. The topological polar surface area (TPSA) is 79.8 Å². The largest absolute Gasteiger partial charge is 0.482 e. The van der Waals surface area contributed by atoms with E-state index in [2.05, 4.69) is 15.8 Å². The Kier molecular flexibility index (Phi) is 6.26. The molecule has 4 aliphatic rings. The Morgan fingerprint density at radius 1 is 1.10 bits per heavy atom. The molecule has 1 aromatic rings. The first-order valence-electron chi connectivity index (χ1n) is 10.5. The van der Waals surface area contributed by atoms with Gasteiger partial charge in [0, 0.05) is 16.3 Å². The van der Waals surface area contributed by atoms with Crippen LogP contribution in [0.4, 0.5) is 0 Å². The molecule has 0 saturated heterocycles. The van der Waals surface area contributed by atoms with Gasteiger partial charge in [0.05, 0.1) is 11.4 Å². The van der Waals surface area contributed by atoms with E-state index in [9.17, 15) is 9.59 Å². The smallest absolute Gasteiger partial charge is 0.277 e. The van der Waals surface area contributed by atoms with E-state index in [1.165, 1.54) is 19.3 Å². The highest BCUT2D eigenvalue weighted by atomic mass is 35.5. The van der Waals surface area contributed by atoms with Crippen molar-refractivity contribution >= 4 is 40.7 Å². The summed E-state index contributed by atoms with van der Waals surface area (Å²) in [5, 5.41) is 8.17. The third-order valence-electron chi connectivity index (χ3n) is 6.48. The van der Waals surface area contributed by atoms with Crippen LogP contribution in [0.2, 0.25) is 10.0 Å². The molecule has 4 bridgehead atoms. The number of carbonyl (C=O) groups is 2. The lowest BCUT2D eigenvalue weighted by Crippen LogP contribution is -2.60. The summed E-state index contributed by atoms with van der Waals surface area (Å²) in [4.78, 5) is 24.6. The number of nitrogens with zero attached hydrogens (tertiary/aromatic N) is 1. The minimum atomic E-state index is -0.429. The molecule has 0 heterocycles. The van der Waals surface area contributed by atoms with Crippen LogP contribution in [-0.2, 0) is 9.59 Å². The summed E-state index contributed by atoms with van der Waals surface area (Å²) in [6, 6.07) is 4.77. The molecule has 4 aliphatic carbocycles. The summed E-state index contributed by atoms with van der Waals surface area (Å²) in [5.41, 5.74) is 2.96. The third-order valence-corrected chi connectivity index (χ3v) is 7.01. The zero-order valence-corrected chi connectivity index (χ0v) is 18.6. The van der Waals surface area contributed by atoms with Gasteiger partial charge in [0.25, 0.3) is 5.91 Å². The van der Waals surface area contributed by atoms with Crippen LogP contribution in [0, 0.1) is 17.8 Å². The SMILES string of the molecule is C/C(CC(=O)NC12CC3CC(CC(C3)C1)C2)=N\NC(=O)COc1ccc(Cl)cc1Cl. The first-order chi connectivity index (χ1) is 14.3. The molecule has 5 rings (SSSR count). The molecule has 4 saturated carbocycles. The van der Waals surface area contributed by atoms with Gasteiger partial charge in [-0.15, -0.1) is 0 Å². The van der Waals surface area contributed by atoms with Crippen LogP contribution in [-0.4, -0.2) is 29.7 Å². The fraction of sp³-hybridized carbons (Fsp3) is 0.591. The van der Waals surface area contributed by atoms with Gasteiger partial charge in [0.1, 0.15) is 5.75 Å². The quantitative estimate of drug-likeness (QED) is 0.477. The number of hydrogen-bond donors (Lipinski definition) is 2. The number of carbonyl (C=O) groups excluding carboxylic acids is 2. The Morgan fingerprint density at radius 2 is 1.73 bits per heavy atom. The van der Waals surface area contributed by atoms with Crippen LogP contribution < -0.4 is 15.5 Å². The van der Waals surface area contributed by atoms with Crippen molar-refractivity contribution in [1.29, 1.82) is 0 Å². The lowest BCUT2D eigenvalue weighted by atomic mass is 9.53. The number of amides is 2. The second kappa shape index (κ2) is 8.75. The van der Waals surface area contributed by atoms with Gasteiger partial charge in [-0.05, 0) is 81.4 Å². The molecule has 6 nitrogen and oxygen atoms in total. The molecule has 0 spiro atoms. The summed E-state index contributed by atoms with van der Waals surface area (Å²) >= 11 is 11.8. The van der Waals surface area contributed by atoms with Gasteiger partial charge < -0.3 is 10.1 Å². The number of halogens is 2. The molecule has 1 aromatic carbocycles. The van der Waals surface area contributed by atoms with E-state index in [1.54, 1.807) is 25.1 Å². The van der Waals surface area contributed by atoms with E-state index in [-0.39, 0.29) is 24.5 Å². The number of hydrazone groups is 1. The van der Waals surface area contributed by atoms with E-state index < -0.39 is 5.91 Å². The number of rotatable bonds is 7. The number of nitrogens with one attached hydrogen (secondary N) is 2. The fourth-order valence-electron chi connectivity index (χ4n) is 5.80. The summed E-state index contributed by atoms with van der Waals surface area (Å²) in [7, 11) is 0. The van der Waals surface area contributed by atoms with Crippen molar-refractivity contribution in [2.45, 2.75) is 57.4 Å². The minimum Gasteiger partial charge on any atom is -0.482 e. The van der Waals surface area contributed by atoms with Crippen LogP contribution in [0.3, 0.4) is 0 Å². The highest BCUT2D eigenvalue weighted by Gasteiger charge is 2.51. The maximum atomic E-state index is 12.6. The normalized spacial score (nSPS) is 29.6. The second-order valence-corrected chi connectivity index (χ2v) is 10.0. The van der Waals surface area contributed by atoms with Gasteiger partial charge in [-0.1, -0.05) is 23.2 Å². The zero-order valence-electron chi connectivity index (χ0n) is 17.0. The molecule has 162 valence electrons. The van der Waals surface area contributed by atoms with E-state index in [0.29, 0.717) is 21.5 Å². The van der Waals surface area contributed by atoms with E-state index in [0.717, 1.165) is 37.0 Å². The van der Waals surface area contributed by atoms with Gasteiger partial charge in [0.15, 0.2) is 6.61 Å². The molecule has 0 radical (unpaired) electrons. The van der Waals surface area contributed by atoms with Crippen molar-refractivity contribution in [3.8, 4) is 5.75 Å². The average molecular weight is 452 g/mol. The van der Waals surface area contributed by atoms with Crippen LogP contribution >= 0.6 is 23.2 Å². The summed E-state index contributed by atoms with van der Waals surface area (Å²) in [6.45, 7) is 1.49. The lowest BCUT2D eigenvalue weighted by Gasteiger charge is -2.56. The summed E-state index contributed by atoms with van der Waals surface area (Å²) in [6.07, 6.45) is 7.53. The highest BCUT2D eigenvalue weighted by molar-refractivity contribution is 6.35. The second-order valence-electron chi connectivity index (χ2n) is 9.17. The van der Waals surface area contributed by atoms with Gasteiger partial charge in [-0.3, -0.25) is 9.59 Å². The summed E-state index contributed by atoms with van der Waals surface area (Å²) < 4.78 is 5.37. The third kappa shape index (κ3) is 5.09. The average Bonchev–Trinajstić information content (AvgIpc) is 2.64. The van der Waals surface area contributed by atoms with Crippen molar-refractivity contribution in [2.24, 2.45) is 22.9 Å². The zero-order chi connectivity index (χ0) is 21.3. The van der Waals surface area contributed by atoms with E-state index in [4.69, 9.17) is 27.9 Å². The van der Waals surface area contributed by atoms with Crippen LogP contribution in [0.1, 0.15) is 51.9 Å². The molecule has 2 amide bonds. The predicted molar refractivity (Wildman–Crippen MR) is 117 cm³/mol. The highest BCUT2D eigenvalue weighted by Crippen LogP contribution is 2.55. The van der Waals surface area contributed by atoms with Crippen molar-refractivity contribution in [3.05, 3.63) is 28.2 Å². The Labute approximate surface area is 186 Å². The van der Waals surface area contributed by atoms with Crippen LogP contribution in [0.15, 0.2) is 23.3 Å². The molecule has 2 N–H and O–H groups in total. The molecular weight excluding hydrogens is 425 g/mol. The first-order valence-corrected chi connectivity index (χ1v) is 11.3. The lowest BCUT2D eigenvalue weighted by molar-refractivity contribution is -0.126. The Morgan fingerprint density at radius 3 is 2.33 bits per heavy atom. The van der Waals surface area contributed by atoms with Crippen molar-refractivity contribution in [3.63, 3.8) is 0 Å². The molecule has 0 unspecified atom stereocenters. The maximum absolute atomic E-state index is 12.6. The molecular formula is C22H27Cl2N3O3. The predicted octanol–water partition coefficient (Wildman–Crippen LogP) is 4.34. The first kappa shape index (κ1) is 21.4. The Hall–Kier alpha value is -1.79. The summed E-state index contributed by atoms with van der Waals surface area (Å²) in [5.74, 6) is 2.25. The van der Waals surface area contributed by atoms with Gasteiger partial charge in [-0.2, -0.15) is 5.10 Å².